The molecule has 2 aromatic carbocycles. The molecule has 1 nitrogen and oxygen atoms in total. The zero-order chi connectivity index (χ0) is 13.9. The highest BCUT2D eigenvalue weighted by Gasteiger charge is 2.12. The van der Waals surface area contributed by atoms with E-state index in [-0.39, 0.29) is 6.04 Å². The normalized spacial score (nSPS) is 15.1. The molecule has 3 rings (SSSR count). The standard InChI is InChI=1S/C18H20BrN/c19-17-8-5-13(6-9-17)11-18(20)12-14-4-7-15-2-1-3-16(15)10-14/h4-10,18H,1-3,11-12,20H2. The number of hydrogen-bond acceptors (Lipinski definition) is 1. The number of halogens is 1. The van der Waals surface area contributed by atoms with Crippen LogP contribution in [0.4, 0.5) is 0 Å². The third-order valence-corrected chi connectivity index (χ3v) is 4.60. The van der Waals surface area contributed by atoms with Crippen molar-refractivity contribution in [2.45, 2.75) is 38.1 Å². The minimum atomic E-state index is 0.190. The van der Waals surface area contributed by atoms with Crippen LogP contribution in [0.15, 0.2) is 46.9 Å². The fourth-order valence-electron chi connectivity index (χ4n) is 3.05. The average Bonchev–Trinajstić information content (AvgIpc) is 2.89. The fourth-order valence-corrected chi connectivity index (χ4v) is 3.31. The van der Waals surface area contributed by atoms with Crippen LogP contribution < -0.4 is 5.73 Å². The summed E-state index contributed by atoms with van der Waals surface area (Å²) in [6, 6.07) is 15.6. The predicted octanol–water partition coefficient (Wildman–Crippen LogP) is 4.05. The first kappa shape index (κ1) is 13.8. The van der Waals surface area contributed by atoms with Gasteiger partial charge in [0.2, 0.25) is 0 Å². The molecular weight excluding hydrogens is 310 g/mol. The lowest BCUT2D eigenvalue weighted by molar-refractivity contribution is 0.664. The number of nitrogens with two attached hydrogens (primary N) is 1. The summed E-state index contributed by atoms with van der Waals surface area (Å²) in [5.41, 5.74) is 12.1. The Morgan fingerprint density at radius 3 is 2.35 bits per heavy atom. The van der Waals surface area contributed by atoms with Gasteiger partial charge in [0.1, 0.15) is 0 Å². The summed E-state index contributed by atoms with van der Waals surface area (Å²) in [4.78, 5) is 0. The molecule has 1 unspecified atom stereocenters. The number of hydrogen-bond donors (Lipinski definition) is 1. The Morgan fingerprint density at radius 1 is 0.900 bits per heavy atom. The Balaban J connectivity index is 1.63. The lowest BCUT2D eigenvalue weighted by atomic mass is 9.97. The molecule has 0 heterocycles. The second-order valence-corrected chi connectivity index (χ2v) is 6.67. The lowest BCUT2D eigenvalue weighted by Gasteiger charge is -2.13. The van der Waals surface area contributed by atoms with E-state index in [1.165, 1.54) is 36.0 Å². The third kappa shape index (κ3) is 3.31. The van der Waals surface area contributed by atoms with Crippen molar-refractivity contribution in [2.24, 2.45) is 5.73 Å². The molecule has 2 heteroatoms. The lowest BCUT2D eigenvalue weighted by Crippen LogP contribution is -2.25. The van der Waals surface area contributed by atoms with Gasteiger partial charge in [0.05, 0.1) is 0 Å². The van der Waals surface area contributed by atoms with Gasteiger partial charge in [-0.3, -0.25) is 0 Å². The molecule has 0 aromatic heterocycles. The topological polar surface area (TPSA) is 26.0 Å². The van der Waals surface area contributed by atoms with Crippen molar-refractivity contribution in [2.75, 3.05) is 0 Å². The minimum absolute atomic E-state index is 0.190. The van der Waals surface area contributed by atoms with Crippen molar-refractivity contribution in [3.63, 3.8) is 0 Å². The van der Waals surface area contributed by atoms with E-state index < -0.39 is 0 Å². The van der Waals surface area contributed by atoms with E-state index in [1.807, 2.05) is 0 Å². The molecule has 1 aliphatic carbocycles. The molecule has 104 valence electrons. The predicted molar refractivity (Wildman–Crippen MR) is 88.0 cm³/mol. The SMILES string of the molecule is NC(Cc1ccc(Br)cc1)Cc1ccc2c(c1)CCC2. The summed E-state index contributed by atoms with van der Waals surface area (Å²) in [6.45, 7) is 0. The van der Waals surface area contributed by atoms with Gasteiger partial charge in [-0.25, -0.2) is 0 Å². The highest BCUT2D eigenvalue weighted by molar-refractivity contribution is 9.10. The van der Waals surface area contributed by atoms with Gasteiger partial charge < -0.3 is 5.73 Å². The first-order valence-electron chi connectivity index (χ1n) is 7.31. The largest absolute Gasteiger partial charge is 0.327 e. The van der Waals surface area contributed by atoms with Gasteiger partial charge in [-0.05, 0) is 66.5 Å². The summed E-state index contributed by atoms with van der Waals surface area (Å²) in [6.07, 6.45) is 5.70. The van der Waals surface area contributed by atoms with E-state index in [4.69, 9.17) is 5.73 Å². The van der Waals surface area contributed by atoms with Crippen molar-refractivity contribution in [1.29, 1.82) is 0 Å². The first-order chi connectivity index (χ1) is 9.70. The second-order valence-electron chi connectivity index (χ2n) is 5.75. The van der Waals surface area contributed by atoms with Gasteiger partial charge in [0.25, 0.3) is 0 Å². The van der Waals surface area contributed by atoms with Crippen LogP contribution in [-0.2, 0) is 25.7 Å². The molecule has 0 spiro atoms. The molecule has 0 fully saturated rings. The number of fused-ring (bicyclic) bond motifs is 1. The van der Waals surface area contributed by atoms with Crippen LogP contribution in [0.25, 0.3) is 0 Å². The Labute approximate surface area is 129 Å². The molecule has 0 saturated carbocycles. The van der Waals surface area contributed by atoms with Crippen molar-refractivity contribution < 1.29 is 0 Å². The molecule has 2 aromatic rings. The van der Waals surface area contributed by atoms with Crippen molar-refractivity contribution in [1.82, 2.24) is 0 Å². The zero-order valence-corrected chi connectivity index (χ0v) is 13.2. The quantitative estimate of drug-likeness (QED) is 0.899. The summed E-state index contributed by atoms with van der Waals surface area (Å²) >= 11 is 3.46. The van der Waals surface area contributed by atoms with Gasteiger partial charge in [-0.1, -0.05) is 46.3 Å². The Hall–Kier alpha value is -1.12. The maximum Gasteiger partial charge on any atom is 0.0175 e. The van der Waals surface area contributed by atoms with Crippen LogP contribution in [0.3, 0.4) is 0 Å². The van der Waals surface area contributed by atoms with E-state index in [0.717, 1.165) is 17.3 Å². The molecule has 1 aliphatic rings. The average molecular weight is 330 g/mol. The van der Waals surface area contributed by atoms with Crippen molar-refractivity contribution in [3.05, 3.63) is 69.2 Å². The highest BCUT2D eigenvalue weighted by Crippen LogP contribution is 2.23. The molecule has 0 radical (unpaired) electrons. The van der Waals surface area contributed by atoms with E-state index in [1.54, 1.807) is 5.56 Å². The Bertz CT molecular complexity index is 589. The molecule has 20 heavy (non-hydrogen) atoms. The molecular formula is C18H20BrN. The highest BCUT2D eigenvalue weighted by atomic mass is 79.9. The zero-order valence-electron chi connectivity index (χ0n) is 11.6. The van der Waals surface area contributed by atoms with E-state index in [0.29, 0.717) is 0 Å². The summed E-state index contributed by atoms with van der Waals surface area (Å²) in [5.74, 6) is 0. The molecule has 0 aliphatic heterocycles. The minimum Gasteiger partial charge on any atom is -0.327 e. The van der Waals surface area contributed by atoms with Crippen LogP contribution in [0.5, 0.6) is 0 Å². The molecule has 0 saturated heterocycles. The van der Waals surface area contributed by atoms with Crippen LogP contribution in [0.2, 0.25) is 0 Å². The molecule has 1 atom stereocenters. The van der Waals surface area contributed by atoms with Crippen LogP contribution in [0, 0.1) is 0 Å². The van der Waals surface area contributed by atoms with Gasteiger partial charge in [0.15, 0.2) is 0 Å². The number of aryl methyl sites for hydroxylation is 2. The second kappa shape index (κ2) is 6.11. The Morgan fingerprint density at radius 2 is 1.55 bits per heavy atom. The summed E-state index contributed by atoms with van der Waals surface area (Å²) in [5, 5.41) is 0. The van der Waals surface area contributed by atoms with Crippen LogP contribution in [0.1, 0.15) is 28.7 Å². The van der Waals surface area contributed by atoms with E-state index in [2.05, 4.69) is 58.4 Å². The van der Waals surface area contributed by atoms with Gasteiger partial charge in [-0.2, -0.15) is 0 Å². The first-order valence-corrected chi connectivity index (χ1v) is 8.11. The molecule has 2 N–H and O–H groups in total. The monoisotopic (exact) mass is 329 g/mol. The summed E-state index contributed by atoms with van der Waals surface area (Å²) < 4.78 is 1.12. The van der Waals surface area contributed by atoms with Crippen LogP contribution >= 0.6 is 15.9 Å². The van der Waals surface area contributed by atoms with Crippen molar-refractivity contribution >= 4 is 15.9 Å². The van der Waals surface area contributed by atoms with Gasteiger partial charge in [-0.15, -0.1) is 0 Å². The maximum atomic E-state index is 6.31. The summed E-state index contributed by atoms with van der Waals surface area (Å²) in [7, 11) is 0. The number of benzene rings is 2. The van der Waals surface area contributed by atoms with E-state index in [9.17, 15) is 0 Å². The van der Waals surface area contributed by atoms with Crippen molar-refractivity contribution in [3.8, 4) is 0 Å². The third-order valence-electron chi connectivity index (χ3n) is 4.07. The smallest absolute Gasteiger partial charge is 0.0175 e. The molecule has 0 amide bonds. The van der Waals surface area contributed by atoms with Crippen LogP contribution in [-0.4, -0.2) is 6.04 Å². The van der Waals surface area contributed by atoms with Gasteiger partial charge >= 0.3 is 0 Å². The molecule has 0 bridgehead atoms. The fraction of sp³-hybridized carbons (Fsp3) is 0.333. The number of rotatable bonds is 4. The Kier molecular flexibility index (Phi) is 4.23. The maximum absolute atomic E-state index is 6.31. The van der Waals surface area contributed by atoms with E-state index >= 15 is 0 Å². The van der Waals surface area contributed by atoms with Gasteiger partial charge in [0, 0.05) is 10.5 Å².